The number of ether oxygens (including phenoxy) is 1. The van der Waals surface area contributed by atoms with Gasteiger partial charge >= 0.3 is 11.7 Å². The Kier molecular flexibility index (Phi) is 4.97. The van der Waals surface area contributed by atoms with Crippen LogP contribution in [0.2, 0.25) is 0 Å². The van der Waals surface area contributed by atoms with Crippen molar-refractivity contribution >= 4 is 11.9 Å². The van der Waals surface area contributed by atoms with Crippen molar-refractivity contribution < 1.29 is 19.1 Å². The van der Waals surface area contributed by atoms with Gasteiger partial charge in [0.25, 0.3) is 5.91 Å². The maximum absolute atomic E-state index is 12.4. The first-order valence-electron chi connectivity index (χ1n) is 8.33. The van der Waals surface area contributed by atoms with E-state index < -0.39 is 12.1 Å². The van der Waals surface area contributed by atoms with Crippen LogP contribution in [0.4, 0.5) is 0 Å². The third-order valence-electron chi connectivity index (χ3n) is 4.37. The van der Waals surface area contributed by atoms with E-state index >= 15 is 0 Å². The summed E-state index contributed by atoms with van der Waals surface area (Å²) in [5, 5.41) is 14.5. The Labute approximate surface area is 146 Å². The number of esters is 1. The fourth-order valence-corrected chi connectivity index (χ4v) is 3.05. The van der Waals surface area contributed by atoms with E-state index in [1.807, 2.05) is 18.2 Å². The van der Waals surface area contributed by atoms with E-state index in [-0.39, 0.29) is 17.6 Å². The third-order valence-corrected chi connectivity index (χ3v) is 4.37. The maximum atomic E-state index is 12.4. The van der Waals surface area contributed by atoms with Gasteiger partial charge in [-0.25, -0.2) is 4.79 Å². The molecule has 130 valence electrons. The number of nitrogens with one attached hydrogen (secondary N) is 1. The molecule has 25 heavy (non-hydrogen) atoms. The van der Waals surface area contributed by atoms with Gasteiger partial charge in [0.2, 0.25) is 0 Å². The predicted octanol–water partition coefficient (Wildman–Crippen LogP) is 2.06. The van der Waals surface area contributed by atoms with Crippen LogP contribution in [0.1, 0.15) is 47.4 Å². The van der Waals surface area contributed by atoms with E-state index in [4.69, 9.17) is 4.74 Å². The highest BCUT2D eigenvalue weighted by Gasteiger charge is 2.27. The average Bonchev–Trinajstić information content (AvgIpc) is 2.62. The van der Waals surface area contributed by atoms with Crippen molar-refractivity contribution in [2.75, 3.05) is 0 Å². The van der Waals surface area contributed by atoms with Crippen LogP contribution in [-0.2, 0) is 16.0 Å². The van der Waals surface area contributed by atoms with Crippen molar-refractivity contribution in [3.63, 3.8) is 0 Å². The fraction of sp³-hybridized carbons (Fsp3) is 0.316. The molecule has 0 spiro atoms. The number of aryl methyl sites for hydroxylation is 1. The first-order chi connectivity index (χ1) is 12.1. The molecule has 0 aliphatic heterocycles. The number of benzene rings is 1. The van der Waals surface area contributed by atoms with Gasteiger partial charge in [-0.05, 0) is 43.4 Å². The van der Waals surface area contributed by atoms with Crippen LogP contribution in [0.25, 0.3) is 0 Å². The Morgan fingerprint density at radius 3 is 2.80 bits per heavy atom. The standard InChI is InChI=1S/C19H20N2O4/c1-13(25-19(23)17-11-4-5-12-21(17)24)18(22)20-16-10-6-8-14-7-2-3-9-15(14)16/h2-5,7,9,11-13,16H,6,8,10H2,1H3,(H,20,22)/t13-,16+/m0/s1. The zero-order chi connectivity index (χ0) is 17.8. The van der Waals surface area contributed by atoms with E-state index in [2.05, 4.69) is 11.4 Å². The molecule has 0 saturated heterocycles. The molecule has 1 amide bonds. The molecule has 1 aromatic carbocycles. The Bertz CT molecular complexity index is 790. The molecule has 2 aromatic rings. The Morgan fingerprint density at radius 1 is 1.24 bits per heavy atom. The molecule has 0 unspecified atom stereocenters. The second kappa shape index (κ2) is 7.34. The van der Waals surface area contributed by atoms with Gasteiger partial charge in [0.1, 0.15) is 0 Å². The quantitative estimate of drug-likeness (QED) is 0.525. The molecule has 3 rings (SSSR count). The topological polar surface area (TPSA) is 82.3 Å². The largest absolute Gasteiger partial charge is 0.618 e. The summed E-state index contributed by atoms with van der Waals surface area (Å²) >= 11 is 0. The minimum Gasteiger partial charge on any atom is -0.618 e. The van der Waals surface area contributed by atoms with Gasteiger partial charge in [-0.2, -0.15) is 4.73 Å². The Hall–Kier alpha value is -2.89. The zero-order valence-electron chi connectivity index (χ0n) is 14.0. The van der Waals surface area contributed by atoms with Crippen LogP contribution in [0.3, 0.4) is 0 Å². The molecule has 1 N–H and O–H groups in total. The highest BCUT2D eigenvalue weighted by atomic mass is 16.6. The molecule has 6 heteroatoms. The van der Waals surface area contributed by atoms with Gasteiger partial charge in [0, 0.05) is 12.1 Å². The summed E-state index contributed by atoms with van der Waals surface area (Å²) in [6.07, 6.45) is 3.07. The van der Waals surface area contributed by atoms with Gasteiger partial charge in [-0.3, -0.25) is 4.79 Å². The summed E-state index contributed by atoms with van der Waals surface area (Å²) in [4.78, 5) is 24.4. The molecule has 0 radical (unpaired) electrons. The smallest absolute Gasteiger partial charge is 0.405 e. The summed E-state index contributed by atoms with van der Waals surface area (Å²) < 4.78 is 5.56. The predicted molar refractivity (Wildman–Crippen MR) is 90.5 cm³/mol. The highest BCUT2D eigenvalue weighted by molar-refractivity contribution is 5.89. The highest BCUT2D eigenvalue weighted by Crippen LogP contribution is 2.29. The molecule has 1 aliphatic carbocycles. The lowest BCUT2D eigenvalue weighted by atomic mass is 9.87. The number of carbonyl (C=O) groups is 2. The maximum Gasteiger partial charge on any atom is 0.405 e. The van der Waals surface area contributed by atoms with Gasteiger partial charge in [0.15, 0.2) is 12.3 Å². The molecule has 0 bridgehead atoms. The third kappa shape index (κ3) is 3.79. The first kappa shape index (κ1) is 17.0. The molecule has 6 nitrogen and oxygen atoms in total. The molecule has 0 fully saturated rings. The molecular formula is C19H20N2O4. The molecular weight excluding hydrogens is 320 g/mol. The molecule has 1 aliphatic rings. The van der Waals surface area contributed by atoms with Crippen LogP contribution < -0.4 is 10.0 Å². The van der Waals surface area contributed by atoms with Crippen LogP contribution in [-0.4, -0.2) is 18.0 Å². The van der Waals surface area contributed by atoms with Crippen LogP contribution in [0.5, 0.6) is 0 Å². The number of nitrogens with zero attached hydrogens (tertiary/aromatic N) is 1. The van der Waals surface area contributed by atoms with Crippen molar-refractivity contribution in [3.8, 4) is 0 Å². The number of hydrogen-bond donors (Lipinski definition) is 1. The van der Waals surface area contributed by atoms with E-state index in [1.54, 1.807) is 6.07 Å². The fourth-order valence-electron chi connectivity index (χ4n) is 3.05. The van der Waals surface area contributed by atoms with Crippen molar-refractivity contribution in [1.29, 1.82) is 0 Å². The monoisotopic (exact) mass is 340 g/mol. The summed E-state index contributed by atoms with van der Waals surface area (Å²) in [6, 6.07) is 12.4. The van der Waals surface area contributed by atoms with Crippen LogP contribution in [0, 0.1) is 5.21 Å². The van der Waals surface area contributed by atoms with E-state index in [1.165, 1.54) is 30.8 Å². The average molecular weight is 340 g/mol. The summed E-state index contributed by atoms with van der Waals surface area (Å²) in [5.74, 6) is -1.19. The minimum atomic E-state index is -0.984. The summed E-state index contributed by atoms with van der Waals surface area (Å²) in [6.45, 7) is 1.50. The minimum absolute atomic E-state index is 0.0835. The SMILES string of the molecule is C[C@H](OC(=O)c1cccc[n+]1[O-])C(=O)N[C@@H]1CCCc2ccccc21. The van der Waals surface area contributed by atoms with Crippen LogP contribution in [0.15, 0.2) is 48.7 Å². The van der Waals surface area contributed by atoms with Gasteiger partial charge in [-0.15, -0.1) is 0 Å². The second-order valence-corrected chi connectivity index (χ2v) is 6.11. The zero-order valence-corrected chi connectivity index (χ0v) is 14.0. The normalized spacial score (nSPS) is 17.2. The number of carbonyl (C=O) groups excluding carboxylic acids is 2. The van der Waals surface area contributed by atoms with E-state index in [0.717, 1.165) is 24.8 Å². The van der Waals surface area contributed by atoms with E-state index in [9.17, 15) is 14.8 Å². The van der Waals surface area contributed by atoms with Crippen molar-refractivity contribution in [3.05, 3.63) is 70.7 Å². The number of aromatic nitrogens is 1. The lowest BCUT2D eigenvalue weighted by Gasteiger charge is -2.27. The summed E-state index contributed by atoms with van der Waals surface area (Å²) in [7, 11) is 0. The lowest BCUT2D eigenvalue weighted by molar-refractivity contribution is -0.608. The van der Waals surface area contributed by atoms with Gasteiger partial charge in [-0.1, -0.05) is 24.3 Å². The summed E-state index contributed by atoms with van der Waals surface area (Å²) in [5.41, 5.74) is 2.20. The number of amides is 1. The van der Waals surface area contributed by atoms with Crippen molar-refractivity contribution in [2.45, 2.75) is 38.3 Å². The van der Waals surface area contributed by atoms with E-state index in [0.29, 0.717) is 4.73 Å². The van der Waals surface area contributed by atoms with Crippen LogP contribution >= 0.6 is 0 Å². The molecule has 1 aromatic heterocycles. The molecule has 2 atom stereocenters. The second-order valence-electron chi connectivity index (χ2n) is 6.11. The molecule has 1 heterocycles. The number of hydrogen-bond acceptors (Lipinski definition) is 4. The van der Waals surface area contributed by atoms with Crippen molar-refractivity contribution in [2.24, 2.45) is 0 Å². The lowest BCUT2D eigenvalue weighted by Crippen LogP contribution is -2.41. The van der Waals surface area contributed by atoms with Gasteiger partial charge < -0.3 is 15.3 Å². The van der Waals surface area contributed by atoms with Crippen molar-refractivity contribution in [1.82, 2.24) is 5.32 Å². The number of fused-ring (bicyclic) bond motifs is 1. The Morgan fingerprint density at radius 2 is 2.00 bits per heavy atom. The number of rotatable bonds is 4. The molecule has 0 saturated carbocycles. The van der Waals surface area contributed by atoms with Gasteiger partial charge in [0.05, 0.1) is 6.04 Å². The Balaban J connectivity index is 1.64. The first-order valence-corrected chi connectivity index (χ1v) is 8.33. The number of pyridine rings is 1.